The highest BCUT2D eigenvalue weighted by atomic mass is 79.9. The van der Waals surface area contributed by atoms with E-state index < -0.39 is 0 Å². The van der Waals surface area contributed by atoms with Crippen LogP contribution in [0, 0.1) is 22.7 Å². The van der Waals surface area contributed by atoms with Crippen molar-refractivity contribution in [3.05, 3.63) is 37.7 Å². The third-order valence-electron chi connectivity index (χ3n) is 5.64. The summed E-state index contributed by atoms with van der Waals surface area (Å²) in [7, 11) is 0. The van der Waals surface area contributed by atoms with Crippen molar-refractivity contribution in [2.75, 3.05) is 0 Å². The van der Waals surface area contributed by atoms with Crippen LogP contribution in [0.3, 0.4) is 0 Å². The van der Waals surface area contributed by atoms with E-state index in [0.29, 0.717) is 23.2 Å². The molecule has 0 heterocycles. The average molecular weight is 521 g/mol. The van der Waals surface area contributed by atoms with Gasteiger partial charge in [-0.2, -0.15) is 0 Å². The molecule has 2 saturated carbocycles. The lowest BCUT2D eigenvalue weighted by molar-refractivity contribution is -0.131. The van der Waals surface area contributed by atoms with Crippen LogP contribution >= 0.6 is 47.8 Å². The number of benzene rings is 1. The molecule has 0 N–H and O–H groups in total. The lowest BCUT2D eigenvalue weighted by Crippen LogP contribution is -2.23. The standard InChI is InChI=1S/C19H21Br3O2/c1-10(19-8-11(18(2,3)4)5-12(19)9-19)17(23)24-16-14(21)6-13(20)7-15(16)22/h6-7,11-12H,1,5,8-9H2,2-4H3. The molecule has 5 heteroatoms. The van der Waals surface area contributed by atoms with Gasteiger partial charge in [-0.25, -0.2) is 4.79 Å². The van der Waals surface area contributed by atoms with Gasteiger partial charge in [0, 0.05) is 15.5 Å². The minimum Gasteiger partial charge on any atom is -0.421 e. The third-order valence-corrected chi connectivity index (χ3v) is 7.28. The number of hydrogen-bond acceptors (Lipinski definition) is 2. The molecule has 3 rings (SSSR count). The third kappa shape index (κ3) is 3.28. The molecule has 0 aromatic heterocycles. The lowest BCUT2D eigenvalue weighted by atomic mass is 9.76. The molecule has 0 bridgehead atoms. The van der Waals surface area contributed by atoms with E-state index in [1.807, 2.05) is 12.1 Å². The second kappa shape index (κ2) is 6.24. The summed E-state index contributed by atoms with van der Waals surface area (Å²) in [6.45, 7) is 11.0. The first-order valence-corrected chi connectivity index (χ1v) is 10.5. The summed E-state index contributed by atoms with van der Waals surface area (Å²) in [5.41, 5.74) is 0.895. The molecule has 2 nitrogen and oxygen atoms in total. The molecule has 0 aliphatic heterocycles. The highest BCUT2D eigenvalue weighted by molar-refractivity contribution is 9.11. The maximum atomic E-state index is 12.7. The van der Waals surface area contributed by atoms with Gasteiger partial charge in [0.2, 0.25) is 0 Å². The second-order valence-electron chi connectivity index (χ2n) is 8.13. The molecule has 2 aliphatic carbocycles. The summed E-state index contributed by atoms with van der Waals surface area (Å²) in [5, 5.41) is 0. The Balaban J connectivity index is 1.75. The Morgan fingerprint density at radius 1 is 1.21 bits per heavy atom. The predicted molar refractivity (Wildman–Crippen MR) is 107 cm³/mol. The maximum Gasteiger partial charge on any atom is 0.339 e. The fraction of sp³-hybridized carbons (Fsp3) is 0.526. The minimum absolute atomic E-state index is 0.0245. The van der Waals surface area contributed by atoms with Gasteiger partial charge in [-0.3, -0.25) is 0 Å². The number of carbonyl (C=O) groups is 1. The highest BCUT2D eigenvalue weighted by Crippen LogP contribution is 2.71. The number of halogens is 3. The van der Waals surface area contributed by atoms with E-state index >= 15 is 0 Å². The fourth-order valence-electron chi connectivity index (χ4n) is 3.94. The van der Waals surface area contributed by atoms with E-state index in [2.05, 4.69) is 75.1 Å². The Hall–Kier alpha value is -0.130. The Labute approximate surface area is 168 Å². The molecule has 2 fully saturated rings. The zero-order valence-electron chi connectivity index (χ0n) is 14.1. The second-order valence-corrected chi connectivity index (χ2v) is 10.8. The molecule has 0 saturated heterocycles. The van der Waals surface area contributed by atoms with E-state index in [1.165, 1.54) is 6.42 Å². The van der Waals surface area contributed by atoms with Crippen LogP contribution < -0.4 is 4.74 Å². The van der Waals surface area contributed by atoms with Crippen molar-refractivity contribution < 1.29 is 9.53 Å². The maximum absolute atomic E-state index is 12.7. The Kier molecular flexibility index (Phi) is 4.85. The Morgan fingerprint density at radius 2 is 1.79 bits per heavy atom. The summed E-state index contributed by atoms with van der Waals surface area (Å²) in [5.74, 6) is 1.43. The normalized spacial score (nSPS) is 28.4. The van der Waals surface area contributed by atoms with Crippen molar-refractivity contribution >= 4 is 53.8 Å². The molecule has 2 aliphatic rings. The number of carbonyl (C=O) groups excluding carboxylic acids is 1. The first-order chi connectivity index (χ1) is 11.0. The van der Waals surface area contributed by atoms with E-state index in [1.54, 1.807) is 0 Å². The van der Waals surface area contributed by atoms with Gasteiger partial charge in [0.15, 0.2) is 5.75 Å². The summed E-state index contributed by atoms with van der Waals surface area (Å²) < 4.78 is 8.03. The van der Waals surface area contributed by atoms with Crippen LogP contribution in [0.2, 0.25) is 0 Å². The van der Waals surface area contributed by atoms with Crippen molar-refractivity contribution in [1.29, 1.82) is 0 Å². The average Bonchev–Trinajstić information content (AvgIpc) is 3.02. The van der Waals surface area contributed by atoms with Crippen LogP contribution in [0.4, 0.5) is 0 Å². The predicted octanol–water partition coefficient (Wildman–Crippen LogP) is 6.90. The molecular weight excluding hydrogens is 500 g/mol. The van der Waals surface area contributed by atoms with Gasteiger partial charge in [-0.1, -0.05) is 43.3 Å². The zero-order chi connectivity index (χ0) is 17.9. The first-order valence-electron chi connectivity index (χ1n) is 8.11. The number of ether oxygens (including phenoxy) is 1. The number of hydrogen-bond donors (Lipinski definition) is 0. The molecule has 1 aromatic rings. The van der Waals surface area contributed by atoms with Crippen LogP contribution in [-0.2, 0) is 4.79 Å². The van der Waals surface area contributed by atoms with E-state index in [0.717, 1.165) is 26.3 Å². The van der Waals surface area contributed by atoms with Gasteiger partial charge in [-0.15, -0.1) is 0 Å². The topological polar surface area (TPSA) is 26.3 Å². The molecule has 24 heavy (non-hydrogen) atoms. The Bertz CT molecular complexity index is 697. The molecule has 130 valence electrons. The van der Waals surface area contributed by atoms with Gasteiger partial charge in [0.05, 0.1) is 8.95 Å². The van der Waals surface area contributed by atoms with Gasteiger partial charge in [0.1, 0.15) is 0 Å². The molecule has 0 amide bonds. The minimum atomic E-state index is -0.309. The van der Waals surface area contributed by atoms with Crippen molar-refractivity contribution in [2.45, 2.75) is 40.0 Å². The molecule has 0 spiro atoms. The summed E-state index contributed by atoms with van der Waals surface area (Å²) in [6, 6.07) is 3.72. The van der Waals surface area contributed by atoms with Crippen molar-refractivity contribution in [1.82, 2.24) is 0 Å². The molecule has 1 aromatic carbocycles. The van der Waals surface area contributed by atoms with Crippen molar-refractivity contribution in [3.8, 4) is 5.75 Å². The summed E-state index contributed by atoms with van der Waals surface area (Å²) in [6.07, 6.45) is 3.33. The zero-order valence-corrected chi connectivity index (χ0v) is 18.8. The van der Waals surface area contributed by atoms with Gasteiger partial charge < -0.3 is 4.74 Å². The summed E-state index contributed by atoms with van der Waals surface area (Å²) in [4.78, 5) is 12.7. The molecule has 3 atom stereocenters. The highest BCUT2D eigenvalue weighted by Gasteiger charge is 2.64. The smallest absolute Gasteiger partial charge is 0.339 e. The molecule has 3 unspecified atom stereocenters. The lowest BCUT2D eigenvalue weighted by Gasteiger charge is -2.29. The Morgan fingerprint density at radius 3 is 2.29 bits per heavy atom. The fourth-order valence-corrected chi connectivity index (χ4v) is 6.36. The van der Waals surface area contributed by atoms with Gasteiger partial charge >= 0.3 is 5.97 Å². The van der Waals surface area contributed by atoms with Crippen LogP contribution in [0.15, 0.2) is 37.7 Å². The van der Waals surface area contributed by atoms with Crippen molar-refractivity contribution in [2.24, 2.45) is 22.7 Å². The van der Waals surface area contributed by atoms with Crippen LogP contribution in [-0.4, -0.2) is 5.97 Å². The molecule has 0 radical (unpaired) electrons. The van der Waals surface area contributed by atoms with E-state index in [-0.39, 0.29) is 16.8 Å². The van der Waals surface area contributed by atoms with E-state index in [9.17, 15) is 4.79 Å². The van der Waals surface area contributed by atoms with Crippen LogP contribution in [0.5, 0.6) is 5.75 Å². The quantitative estimate of drug-likeness (QED) is 0.246. The van der Waals surface area contributed by atoms with Gasteiger partial charge in [0.25, 0.3) is 0 Å². The monoisotopic (exact) mass is 518 g/mol. The van der Waals surface area contributed by atoms with Gasteiger partial charge in [-0.05, 0) is 80.5 Å². The number of fused-ring (bicyclic) bond motifs is 1. The molecular formula is C19H21Br3O2. The number of rotatable bonds is 3. The largest absolute Gasteiger partial charge is 0.421 e. The summed E-state index contributed by atoms with van der Waals surface area (Å²) >= 11 is 10.3. The number of esters is 1. The SMILES string of the molecule is C=C(C(=O)Oc1c(Br)cc(Br)cc1Br)C12CC(C(C)(C)C)CC1C2. The first kappa shape index (κ1) is 18.7. The van der Waals surface area contributed by atoms with Crippen molar-refractivity contribution in [3.63, 3.8) is 0 Å². The van der Waals surface area contributed by atoms with Crippen LogP contribution in [0.25, 0.3) is 0 Å². The van der Waals surface area contributed by atoms with E-state index in [4.69, 9.17) is 4.74 Å². The van der Waals surface area contributed by atoms with Crippen LogP contribution in [0.1, 0.15) is 40.0 Å².